The van der Waals surface area contributed by atoms with Crippen molar-refractivity contribution in [2.24, 2.45) is 0 Å². The molecule has 0 aliphatic carbocycles. The highest BCUT2D eigenvalue weighted by Crippen LogP contribution is 2.30. The Morgan fingerprint density at radius 1 is 0.895 bits per heavy atom. The largest absolute Gasteiger partial charge is 0.397 e. The first-order valence-electron chi connectivity index (χ1n) is 5.04. The molecule has 0 saturated carbocycles. The lowest BCUT2D eigenvalue weighted by molar-refractivity contribution is 0.549. The van der Waals surface area contributed by atoms with E-state index in [4.69, 9.17) is 5.73 Å². The molecule has 0 bridgehead atoms. The van der Waals surface area contributed by atoms with Crippen molar-refractivity contribution in [1.82, 2.24) is 0 Å². The van der Waals surface area contributed by atoms with Crippen molar-refractivity contribution < 1.29 is 17.6 Å². The van der Waals surface area contributed by atoms with Crippen LogP contribution in [0.1, 0.15) is 0 Å². The lowest BCUT2D eigenvalue weighted by atomic mass is 10.2. The predicted molar refractivity (Wildman–Crippen MR) is 73.1 cm³/mol. The van der Waals surface area contributed by atoms with Crippen molar-refractivity contribution >= 4 is 39.7 Å². The van der Waals surface area contributed by atoms with Gasteiger partial charge in [0, 0.05) is 18.2 Å². The minimum Gasteiger partial charge on any atom is -0.397 e. The van der Waals surface area contributed by atoms with Crippen LogP contribution in [0.15, 0.2) is 24.3 Å². The average Bonchev–Trinajstić information content (AvgIpc) is 2.29. The van der Waals surface area contributed by atoms with E-state index in [1.165, 1.54) is 6.07 Å². The van der Waals surface area contributed by atoms with E-state index in [0.717, 1.165) is 6.07 Å². The highest BCUT2D eigenvalue weighted by molar-refractivity contribution is 14.1. The summed E-state index contributed by atoms with van der Waals surface area (Å²) in [5, 5.41) is 2.32. The second-order valence-corrected chi connectivity index (χ2v) is 4.89. The molecule has 0 amide bonds. The second-order valence-electron chi connectivity index (χ2n) is 3.72. The Morgan fingerprint density at radius 2 is 1.47 bits per heavy atom. The van der Waals surface area contributed by atoms with Gasteiger partial charge in [-0.1, -0.05) is 0 Å². The first-order chi connectivity index (χ1) is 8.88. The molecule has 2 nitrogen and oxygen atoms in total. The zero-order chi connectivity index (χ0) is 14.2. The molecule has 7 heteroatoms. The zero-order valence-electron chi connectivity index (χ0n) is 9.28. The van der Waals surface area contributed by atoms with Crippen molar-refractivity contribution in [3.8, 4) is 0 Å². The van der Waals surface area contributed by atoms with E-state index >= 15 is 0 Å². The molecule has 100 valence electrons. The monoisotopic (exact) mass is 382 g/mol. The van der Waals surface area contributed by atoms with Gasteiger partial charge in [-0.15, -0.1) is 0 Å². The van der Waals surface area contributed by atoms with E-state index < -0.39 is 29.0 Å². The van der Waals surface area contributed by atoms with Gasteiger partial charge in [-0.25, -0.2) is 17.6 Å². The second kappa shape index (κ2) is 5.24. The van der Waals surface area contributed by atoms with Crippen molar-refractivity contribution in [1.29, 1.82) is 0 Å². The van der Waals surface area contributed by atoms with Gasteiger partial charge in [0.15, 0.2) is 11.6 Å². The summed E-state index contributed by atoms with van der Waals surface area (Å²) in [5.41, 5.74) is 5.15. The number of benzene rings is 2. The Bertz CT molecular complexity index is 623. The average molecular weight is 382 g/mol. The van der Waals surface area contributed by atoms with Crippen LogP contribution in [0.2, 0.25) is 0 Å². The molecule has 0 heterocycles. The van der Waals surface area contributed by atoms with Crippen molar-refractivity contribution in [2.75, 3.05) is 11.1 Å². The molecular weight excluding hydrogens is 375 g/mol. The fourth-order valence-electron chi connectivity index (χ4n) is 1.47. The van der Waals surface area contributed by atoms with Crippen LogP contribution in [0.5, 0.6) is 0 Å². The highest BCUT2D eigenvalue weighted by atomic mass is 127. The maximum atomic E-state index is 13.4. The van der Waals surface area contributed by atoms with E-state index in [0.29, 0.717) is 12.1 Å². The summed E-state index contributed by atoms with van der Waals surface area (Å²) < 4.78 is 53.3. The molecule has 0 unspecified atom stereocenters. The number of rotatable bonds is 2. The van der Waals surface area contributed by atoms with Gasteiger partial charge in [-0.2, -0.15) is 0 Å². The number of nitrogens with one attached hydrogen (secondary N) is 1. The highest BCUT2D eigenvalue weighted by Gasteiger charge is 2.14. The first kappa shape index (κ1) is 13.9. The molecule has 0 aromatic heterocycles. The molecule has 3 N–H and O–H groups in total. The summed E-state index contributed by atoms with van der Waals surface area (Å²) in [5.74, 6) is -3.88. The summed E-state index contributed by atoms with van der Waals surface area (Å²) in [6.45, 7) is 0. The van der Waals surface area contributed by atoms with Crippen molar-refractivity contribution in [3.63, 3.8) is 0 Å². The molecule has 19 heavy (non-hydrogen) atoms. The van der Waals surface area contributed by atoms with Crippen LogP contribution >= 0.6 is 22.6 Å². The standard InChI is InChI=1S/C12H7F4IN2/c13-5-1-7(15)12(8(16)2-5)19-11-3-6(14)9(17)4-10(11)18/h1-4,19H,18H2. The maximum Gasteiger partial charge on any atom is 0.152 e. The summed E-state index contributed by atoms with van der Waals surface area (Å²) >= 11 is 1.73. The quantitative estimate of drug-likeness (QED) is 0.465. The zero-order valence-corrected chi connectivity index (χ0v) is 11.4. The molecule has 0 saturated heterocycles. The molecule has 0 atom stereocenters. The molecule has 2 aromatic carbocycles. The van der Waals surface area contributed by atoms with Crippen LogP contribution in [0.25, 0.3) is 0 Å². The number of hydrogen-bond donors (Lipinski definition) is 2. The van der Waals surface area contributed by atoms with Crippen LogP contribution in [0, 0.1) is 26.8 Å². The molecular formula is C12H7F4IN2. The minimum absolute atomic E-state index is 0.00215. The Morgan fingerprint density at radius 3 is 2.05 bits per heavy atom. The summed E-state index contributed by atoms with van der Waals surface area (Å²) in [6.07, 6.45) is 0. The van der Waals surface area contributed by atoms with Crippen LogP contribution < -0.4 is 11.1 Å². The molecule has 2 rings (SSSR count). The smallest absolute Gasteiger partial charge is 0.152 e. The van der Waals surface area contributed by atoms with Gasteiger partial charge in [-0.05, 0) is 28.7 Å². The predicted octanol–water partition coefficient (Wildman–Crippen LogP) is 4.17. The van der Waals surface area contributed by atoms with Gasteiger partial charge < -0.3 is 11.1 Å². The Labute approximate surface area is 119 Å². The lowest BCUT2D eigenvalue weighted by Crippen LogP contribution is -2.03. The Balaban J connectivity index is 2.45. The van der Waals surface area contributed by atoms with Crippen LogP contribution in [-0.4, -0.2) is 0 Å². The van der Waals surface area contributed by atoms with Crippen LogP contribution in [0.3, 0.4) is 0 Å². The van der Waals surface area contributed by atoms with Crippen LogP contribution in [0.4, 0.5) is 34.6 Å². The third kappa shape index (κ3) is 2.91. The summed E-state index contributed by atoms with van der Waals surface area (Å²) in [7, 11) is 0. The van der Waals surface area contributed by atoms with Crippen molar-refractivity contribution in [3.05, 3.63) is 51.1 Å². The first-order valence-corrected chi connectivity index (χ1v) is 6.12. The lowest BCUT2D eigenvalue weighted by Gasteiger charge is -2.12. The number of halogens is 5. The SMILES string of the molecule is Nc1cc(I)c(F)cc1Nc1c(F)cc(F)cc1F. The topological polar surface area (TPSA) is 38.0 Å². The fourth-order valence-corrected chi connectivity index (χ4v) is 1.96. The molecule has 0 aliphatic heterocycles. The van der Waals surface area contributed by atoms with Crippen molar-refractivity contribution in [2.45, 2.75) is 0 Å². The van der Waals surface area contributed by atoms with E-state index in [1.54, 1.807) is 22.6 Å². The van der Waals surface area contributed by atoms with E-state index in [1.807, 2.05) is 0 Å². The number of nitrogens with two attached hydrogens (primary N) is 1. The summed E-state index contributed by atoms with van der Waals surface area (Å²) in [4.78, 5) is 0. The molecule has 0 spiro atoms. The van der Waals surface area contributed by atoms with Gasteiger partial charge in [0.25, 0.3) is 0 Å². The number of nitrogen functional groups attached to an aromatic ring is 1. The molecule has 0 fully saturated rings. The maximum absolute atomic E-state index is 13.4. The third-order valence-corrected chi connectivity index (χ3v) is 3.19. The van der Waals surface area contributed by atoms with E-state index in [2.05, 4.69) is 5.32 Å². The minimum atomic E-state index is -1.13. The summed E-state index contributed by atoms with van der Waals surface area (Å²) in [6, 6.07) is 3.37. The van der Waals surface area contributed by atoms with Gasteiger partial charge in [0.05, 0.1) is 14.9 Å². The Hall–Kier alpha value is -1.51. The van der Waals surface area contributed by atoms with Gasteiger partial charge >= 0.3 is 0 Å². The Kier molecular flexibility index (Phi) is 3.83. The number of anilines is 3. The van der Waals surface area contributed by atoms with Crippen LogP contribution in [-0.2, 0) is 0 Å². The van der Waals surface area contributed by atoms with Gasteiger partial charge in [0.2, 0.25) is 0 Å². The van der Waals surface area contributed by atoms with E-state index in [9.17, 15) is 17.6 Å². The molecule has 0 aliphatic rings. The molecule has 0 radical (unpaired) electrons. The van der Waals surface area contributed by atoms with E-state index in [-0.39, 0.29) is 14.9 Å². The number of hydrogen-bond acceptors (Lipinski definition) is 2. The third-order valence-electron chi connectivity index (χ3n) is 2.36. The van der Waals surface area contributed by atoms with Gasteiger partial charge in [-0.3, -0.25) is 0 Å². The molecule has 2 aromatic rings. The fraction of sp³-hybridized carbons (Fsp3) is 0. The normalized spacial score (nSPS) is 10.6. The van der Waals surface area contributed by atoms with Gasteiger partial charge in [0.1, 0.15) is 17.3 Å².